The first kappa shape index (κ1) is 12.9. The molecule has 0 amide bonds. The molecule has 0 aliphatic carbocycles. The van der Waals surface area contributed by atoms with E-state index in [1.54, 1.807) is 6.20 Å². The minimum atomic E-state index is -4.16. The van der Waals surface area contributed by atoms with Gasteiger partial charge in [-0.1, -0.05) is 6.58 Å². The van der Waals surface area contributed by atoms with Crippen LogP contribution >= 0.6 is 0 Å². The van der Waals surface area contributed by atoms with Gasteiger partial charge in [0, 0.05) is 19.4 Å². The molecular formula is C7H14N2O4S. The molecule has 0 bridgehead atoms. The second-order valence-corrected chi connectivity index (χ2v) is 3.68. The van der Waals surface area contributed by atoms with Crippen molar-refractivity contribution in [2.45, 2.75) is 0 Å². The molecule has 0 aromatic heterocycles. The van der Waals surface area contributed by atoms with Crippen LogP contribution in [0.5, 0.6) is 0 Å². The summed E-state index contributed by atoms with van der Waals surface area (Å²) in [6.45, 7) is 4.56. The van der Waals surface area contributed by atoms with Crippen molar-refractivity contribution in [3.8, 4) is 0 Å². The second kappa shape index (κ2) is 5.63. The quantitative estimate of drug-likeness (QED) is 0.675. The third-order valence-corrected chi connectivity index (χ3v) is 1.77. The molecule has 6 nitrogen and oxygen atoms in total. The Hall–Kier alpha value is -1.05. The molecule has 1 rings (SSSR count). The monoisotopic (exact) mass is 222 g/mol. The molecule has 0 saturated carbocycles. The van der Waals surface area contributed by atoms with Crippen molar-refractivity contribution in [1.29, 1.82) is 0 Å². The molecule has 0 spiro atoms. The van der Waals surface area contributed by atoms with E-state index < -0.39 is 10.4 Å². The maximum atomic E-state index is 9.33. The van der Waals surface area contributed by atoms with Gasteiger partial charge in [-0.2, -0.15) is 8.42 Å². The lowest BCUT2D eigenvalue weighted by atomic mass is 10.8. The second-order valence-electron chi connectivity index (χ2n) is 2.49. The van der Waals surface area contributed by atoms with Crippen molar-refractivity contribution in [3.05, 3.63) is 25.2 Å². The van der Waals surface area contributed by atoms with Gasteiger partial charge in [-0.3, -0.25) is 8.74 Å². The first-order valence-corrected chi connectivity index (χ1v) is 5.05. The molecule has 0 aromatic rings. The van der Waals surface area contributed by atoms with Crippen molar-refractivity contribution in [2.75, 3.05) is 20.8 Å². The predicted octanol–water partition coefficient (Wildman–Crippen LogP) is 0.242. The van der Waals surface area contributed by atoms with Crippen molar-refractivity contribution in [1.82, 2.24) is 9.80 Å². The summed E-state index contributed by atoms with van der Waals surface area (Å²) in [7, 11) is -1.26. The zero-order valence-corrected chi connectivity index (χ0v) is 8.94. The number of nitrogens with zero attached hydrogens (tertiary/aromatic N) is 2. The molecule has 0 saturated heterocycles. The summed E-state index contributed by atoms with van der Waals surface area (Å²) < 4.78 is 29.7. The highest BCUT2D eigenvalue weighted by molar-refractivity contribution is 7.80. The third-order valence-electron chi connectivity index (χ3n) is 1.34. The molecule has 1 heterocycles. The molecule has 0 atom stereocenters. The van der Waals surface area contributed by atoms with Crippen LogP contribution in [0.15, 0.2) is 25.2 Å². The number of hydrogen-bond donors (Lipinski definition) is 1. The van der Waals surface area contributed by atoms with Crippen LogP contribution in [0, 0.1) is 0 Å². The molecule has 0 aromatic carbocycles. The van der Waals surface area contributed by atoms with Gasteiger partial charge in [0.25, 0.3) is 0 Å². The van der Waals surface area contributed by atoms with E-state index in [1.807, 2.05) is 24.3 Å². The molecule has 0 unspecified atom stereocenters. The Balaban J connectivity index is 0.000000255. The van der Waals surface area contributed by atoms with Crippen LogP contribution in [-0.4, -0.2) is 43.6 Å². The lowest BCUT2D eigenvalue weighted by molar-refractivity contribution is 0.324. The van der Waals surface area contributed by atoms with Gasteiger partial charge in [-0.25, -0.2) is 0 Å². The van der Waals surface area contributed by atoms with Crippen molar-refractivity contribution < 1.29 is 17.2 Å². The van der Waals surface area contributed by atoms with Gasteiger partial charge in [0.2, 0.25) is 0 Å². The summed E-state index contributed by atoms with van der Waals surface area (Å²) in [5.74, 6) is 0. The van der Waals surface area contributed by atoms with Crippen LogP contribution in [0.1, 0.15) is 0 Å². The van der Waals surface area contributed by atoms with E-state index in [4.69, 9.17) is 4.55 Å². The fourth-order valence-corrected chi connectivity index (χ4v) is 0.670. The van der Waals surface area contributed by atoms with Crippen molar-refractivity contribution in [3.63, 3.8) is 0 Å². The molecule has 1 aliphatic rings. The van der Waals surface area contributed by atoms with Gasteiger partial charge in [0.15, 0.2) is 0 Å². The van der Waals surface area contributed by atoms with E-state index >= 15 is 0 Å². The Labute approximate surface area is 84.0 Å². The summed E-state index contributed by atoms with van der Waals surface area (Å²) in [6.07, 6.45) is 5.81. The zero-order chi connectivity index (χ0) is 11.2. The molecule has 1 N–H and O–H groups in total. The summed E-state index contributed by atoms with van der Waals surface area (Å²) in [4.78, 5) is 4.10. The largest absolute Gasteiger partial charge is 0.397 e. The highest BCUT2D eigenvalue weighted by Crippen LogP contribution is 2.01. The first-order chi connectivity index (χ1) is 6.39. The van der Waals surface area contributed by atoms with Crippen molar-refractivity contribution >= 4 is 10.4 Å². The Morgan fingerprint density at radius 3 is 2.21 bits per heavy atom. The van der Waals surface area contributed by atoms with Gasteiger partial charge in [-0.05, 0) is 6.20 Å². The van der Waals surface area contributed by atoms with Gasteiger partial charge >= 0.3 is 10.4 Å². The molecule has 14 heavy (non-hydrogen) atoms. The Bertz CT molecular complexity index is 299. The zero-order valence-electron chi connectivity index (χ0n) is 8.12. The molecule has 1 aliphatic heterocycles. The SMILES string of the molecule is C=CN1C=CN(C)C1.COS(=O)(=O)O. The number of rotatable bonds is 2. The maximum Gasteiger partial charge on any atom is 0.397 e. The Kier molecular flexibility index (Phi) is 5.21. The van der Waals surface area contributed by atoms with Gasteiger partial charge < -0.3 is 9.80 Å². The van der Waals surface area contributed by atoms with Crippen molar-refractivity contribution in [2.24, 2.45) is 0 Å². The van der Waals surface area contributed by atoms with E-state index in [9.17, 15) is 8.42 Å². The smallest absolute Gasteiger partial charge is 0.361 e. The summed E-state index contributed by atoms with van der Waals surface area (Å²) in [6, 6.07) is 0. The molecule has 7 heteroatoms. The summed E-state index contributed by atoms with van der Waals surface area (Å²) >= 11 is 0. The minimum absolute atomic E-state index is 0.870. The van der Waals surface area contributed by atoms with Gasteiger partial charge in [-0.15, -0.1) is 0 Å². The lowest BCUT2D eigenvalue weighted by Crippen LogP contribution is -2.16. The summed E-state index contributed by atoms with van der Waals surface area (Å²) in [5.41, 5.74) is 0. The first-order valence-electron chi connectivity index (χ1n) is 3.69. The minimum Gasteiger partial charge on any atom is -0.361 e. The van der Waals surface area contributed by atoms with Crippen LogP contribution in [0.3, 0.4) is 0 Å². The Morgan fingerprint density at radius 2 is 2.07 bits per heavy atom. The maximum absolute atomic E-state index is 9.33. The predicted molar refractivity (Wildman–Crippen MR) is 52.4 cm³/mol. The van der Waals surface area contributed by atoms with Gasteiger partial charge in [0.05, 0.1) is 13.8 Å². The van der Waals surface area contributed by atoms with Crippen LogP contribution in [0.4, 0.5) is 0 Å². The van der Waals surface area contributed by atoms with Crippen LogP contribution in [0.2, 0.25) is 0 Å². The normalized spacial score (nSPS) is 15.1. The van der Waals surface area contributed by atoms with E-state index in [2.05, 4.69) is 15.7 Å². The van der Waals surface area contributed by atoms with Gasteiger partial charge in [0.1, 0.15) is 0 Å². The summed E-state index contributed by atoms with van der Waals surface area (Å²) in [5, 5.41) is 0. The standard InChI is InChI=1S/C6H10N2.CH4O4S/c1-3-8-5-4-7(2)6-8;1-5-6(2,3)4/h3-5H,1,6H2,2H3;1H3,(H,2,3,4). The van der Waals surface area contributed by atoms with E-state index in [-0.39, 0.29) is 0 Å². The Morgan fingerprint density at radius 1 is 1.57 bits per heavy atom. The molecular weight excluding hydrogens is 208 g/mol. The van der Waals surface area contributed by atoms with Crippen LogP contribution in [-0.2, 0) is 14.6 Å². The average molecular weight is 222 g/mol. The highest BCUT2D eigenvalue weighted by Gasteiger charge is 2.01. The molecule has 82 valence electrons. The topological polar surface area (TPSA) is 70.1 Å². The molecule has 0 radical (unpaired) electrons. The number of hydrogen-bond acceptors (Lipinski definition) is 5. The van der Waals surface area contributed by atoms with Crippen LogP contribution < -0.4 is 0 Å². The third kappa shape index (κ3) is 6.46. The van der Waals surface area contributed by atoms with E-state index in [0.29, 0.717) is 0 Å². The molecule has 0 fully saturated rings. The van der Waals surface area contributed by atoms with Crippen LogP contribution in [0.25, 0.3) is 0 Å². The lowest BCUT2D eigenvalue weighted by Gasteiger charge is -2.11. The van der Waals surface area contributed by atoms with E-state index in [0.717, 1.165) is 13.8 Å². The fraction of sp³-hybridized carbons (Fsp3) is 0.429. The average Bonchev–Trinajstić information content (AvgIpc) is 2.51. The van der Waals surface area contributed by atoms with E-state index in [1.165, 1.54) is 0 Å². The fourth-order valence-electron chi connectivity index (χ4n) is 0.670. The highest BCUT2D eigenvalue weighted by atomic mass is 32.3.